The lowest BCUT2D eigenvalue weighted by atomic mass is 9.49. The van der Waals surface area contributed by atoms with Gasteiger partial charge in [-0.05, 0) is 87.5 Å². The van der Waals surface area contributed by atoms with Crippen LogP contribution in [0.15, 0.2) is 5.16 Å². The number of esters is 1. The van der Waals surface area contributed by atoms with Crippen LogP contribution in [0.4, 0.5) is 5.00 Å². The van der Waals surface area contributed by atoms with Crippen molar-refractivity contribution in [3.63, 3.8) is 0 Å². The molecular weight excluding hydrogens is 480 g/mol. The number of hydrogen-bond donors (Lipinski definition) is 1. The molecule has 9 heteroatoms. The second-order valence-electron chi connectivity index (χ2n) is 10.8. The number of carbonyl (C=O) groups excluding carboxylic acids is 2. The minimum atomic E-state index is -0.408. The number of nitrogens with one attached hydrogen (secondary N) is 1. The molecule has 0 aromatic carbocycles. The molecule has 4 aliphatic rings. The standard InChI is InChI=1S/C26H36N4O3S2/c1-5-19-15(3)35-23(22(19)24(32)33-4)27-21(31)14-34-25-29-28-20(30(25)6-2)13-26-10-16-7-17(11-26)9-18(8-16)12-26/h16-18H,5-14H2,1-4H3,(H,27,31). The summed E-state index contributed by atoms with van der Waals surface area (Å²) >= 11 is 2.84. The van der Waals surface area contributed by atoms with E-state index in [2.05, 4.69) is 27.0 Å². The predicted octanol–water partition coefficient (Wildman–Crippen LogP) is 5.51. The molecule has 190 valence electrons. The zero-order chi connectivity index (χ0) is 24.7. The Morgan fingerprint density at radius 3 is 2.37 bits per heavy atom. The number of methoxy groups -OCH3 is 1. The third-order valence-electron chi connectivity index (χ3n) is 8.35. The first-order chi connectivity index (χ1) is 16.8. The van der Waals surface area contributed by atoms with Crippen LogP contribution in [-0.4, -0.2) is 39.5 Å². The first kappa shape index (κ1) is 24.8. The number of amides is 1. The Morgan fingerprint density at radius 2 is 1.80 bits per heavy atom. The Labute approximate surface area is 215 Å². The normalized spacial score (nSPS) is 26.8. The van der Waals surface area contributed by atoms with Crippen LogP contribution in [-0.2, 0) is 28.9 Å². The smallest absolute Gasteiger partial charge is 0.341 e. The average molecular weight is 517 g/mol. The number of aromatic nitrogens is 3. The van der Waals surface area contributed by atoms with Gasteiger partial charge in [-0.25, -0.2) is 4.79 Å². The number of nitrogens with zero attached hydrogens (tertiary/aromatic N) is 3. The Balaban J connectivity index is 1.25. The molecule has 7 nitrogen and oxygen atoms in total. The first-order valence-corrected chi connectivity index (χ1v) is 14.7. The summed E-state index contributed by atoms with van der Waals surface area (Å²) in [6, 6.07) is 0. The quantitative estimate of drug-likeness (QED) is 0.350. The van der Waals surface area contributed by atoms with E-state index in [9.17, 15) is 9.59 Å². The van der Waals surface area contributed by atoms with Crippen LogP contribution in [0.1, 0.15) is 79.0 Å². The molecule has 0 atom stereocenters. The molecule has 2 aromatic heterocycles. The first-order valence-electron chi connectivity index (χ1n) is 12.9. The van der Waals surface area contributed by atoms with Crippen molar-refractivity contribution in [1.82, 2.24) is 14.8 Å². The number of anilines is 1. The lowest BCUT2D eigenvalue weighted by Gasteiger charge is -2.56. The van der Waals surface area contributed by atoms with Crippen molar-refractivity contribution < 1.29 is 14.3 Å². The van der Waals surface area contributed by atoms with Gasteiger partial charge in [-0.3, -0.25) is 4.79 Å². The minimum Gasteiger partial charge on any atom is -0.465 e. The highest BCUT2D eigenvalue weighted by atomic mass is 32.2. The average Bonchev–Trinajstić information content (AvgIpc) is 3.34. The van der Waals surface area contributed by atoms with Gasteiger partial charge in [0.25, 0.3) is 0 Å². The van der Waals surface area contributed by atoms with Crippen LogP contribution in [0.3, 0.4) is 0 Å². The van der Waals surface area contributed by atoms with Crippen LogP contribution in [0, 0.1) is 30.1 Å². The highest BCUT2D eigenvalue weighted by molar-refractivity contribution is 7.99. The number of ether oxygens (including phenoxy) is 1. The minimum absolute atomic E-state index is 0.155. The molecule has 0 aliphatic heterocycles. The van der Waals surface area contributed by atoms with Crippen LogP contribution in [0.5, 0.6) is 0 Å². The van der Waals surface area contributed by atoms with Gasteiger partial charge in [-0.15, -0.1) is 21.5 Å². The van der Waals surface area contributed by atoms with E-state index in [-0.39, 0.29) is 11.7 Å². The Bertz CT molecular complexity index is 1090. The molecule has 0 spiro atoms. The summed E-state index contributed by atoms with van der Waals surface area (Å²) in [5.41, 5.74) is 1.82. The third-order valence-corrected chi connectivity index (χ3v) is 10.4. The van der Waals surface area contributed by atoms with Gasteiger partial charge in [-0.1, -0.05) is 18.7 Å². The maximum Gasteiger partial charge on any atom is 0.341 e. The summed E-state index contributed by atoms with van der Waals surface area (Å²) in [7, 11) is 1.37. The van der Waals surface area contributed by atoms with E-state index in [1.165, 1.54) is 68.7 Å². The number of thiophene rings is 1. The van der Waals surface area contributed by atoms with Gasteiger partial charge in [0.05, 0.1) is 18.4 Å². The largest absolute Gasteiger partial charge is 0.465 e. The second-order valence-corrected chi connectivity index (χ2v) is 12.9. The molecule has 4 aliphatic carbocycles. The SMILES string of the molecule is CCc1c(C)sc(NC(=O)CSc2nnc(CC34CC5CC(CC(C5)C3)C4)n2CC)c1C(=O)OC. The zero-order valence-corrected chi connectivity index (χ0v) is 22.8. The van der Waals surface area contributed by atoms with Crippen molar-refractivity contribution in [2.75, 3.05) is 18.2 Å². The summed E-state index contributed by atoms with van der Waals surface area (Å²) in [6.45, 7) is 6.89. The van der Waals surface area contributed by atoms with Gasteiger partial charge in [0, 0.05) is 17.8 Å². The van der Waals surface area contributed by atoms with Crippen molar-refractivity contribution in [2.45, 2.75) is 83.8 Å². The highest BCUT2D eigenvalue weighted by Crippen LogP contribution is 2.61. The van der Waals surface area contributed by atoms with E-state index in [4.69, 9.17) is 4.74 Å². The molecule has 0 saturated heterocycles. The molecular formula is C26H36N4O3S2. The molecule has 1 amide bonds. The van der Waals surface area contributed by atoms with Gasteiger partial charge in [0.1, 0.15) is 10.8 Å². The van der Waals surface area contributed by atoms with Crippen molar-refractivity contribution in [3.8, 4) is 0 Å². The van der Waals surface area contributed by atoms with E-state index < -0.39 is 5.97 Å². The molecule has 0 radical (unpaired) electrons. The van der Waals surface area contributed by atoms with Crippen LogP contribution >= 0.6 is 23.1 Å². The topological polar surface area (TPSA) is 86.1 Å². The van der Waals surface area contributed by atoms with E-state index in [1.807, 2.05) is 13.8 Å². The van der Waals surface area contributed by atoms with Crippen molar-refractivity contribution >= 4 is 40.0 Å². The Morgan fingerprint density at radius 1 is 1.14 bits per heavy atom. The molecule has 4 bridgehead atoms. The Hall–Kier alpha value is -1.87. The van der Waals surface area contributed by atoms with E-state index in [1.54, 1.807) is 0 Å². The summed E-state index contributed by atoms with van der Waals surface area (Å²) in [4.78, 5) is 26.2. The fourth-order valence-corrected chi connectivity index (χ4v) is 9.39. The number of carbonyl (C=O) groups is 2. The van der Waals surface area contributed by atoms with E-state index in [0.717, 1.165) is 52.1 Å². The number of rotatable bonds is 9. The molecule has 4 saturated carbocycles. The molecule has 4 fully saturated rings. The number of aryl methyl sites for hydroxylation is 1. The molecule has 2 heterocycles. The van der Waals surface area contributed by atoms with Gasteiger partial charge in [0.15, 0.2) is 5.16 Å². The molecule has 0 unspecified atom stereocenters. The predicted molar refractivity (Wildman–Crippen MR) is 139 cm³/mol. The van der Waals surface area contributed by atoms with Crippen molar-refractivity contribution in [2.24, 2.45) is 23.2 Å². The molecule has 6 rings (SSSR count). The lowest BCUT2D eigenvalue weighted by molar-refractivity contribution is -0.113. The van der Waals surface area contributed by atoms with Crippen LogP contribution < -0.4 is 5.32 Å². The Kier molecular flexibility index (Phi) is 7.00. The summed E-state index contributed by atoms with van der Waals surface area (Å²) < 4.78 is 7.16. The fraction of sp³-hybridized carbons (Fsp3) is 0.692. The molecule has 35 heavy (non-hydrogen) atoms. The van der Waals surface area contributed by atoms with Crippen LogP contribution in [0.2, 0.25) is 0 Å². The van der Waals surface area contributed by atoms with Crippen molar-refractivity contribution in [3.05, 3.63) is 21.8 Å². The second kappa shape index (κ2) is 9.88. The van der Waals surface area contributed by atoms with Gasteiger partial charge < -0.3 is 14.6 Å². The molecule has 1 N–H and O–H groups in total. The summed E-state index contributed by atoms with van der Waals surface area (Å²) in [5, 5.41) is 13.4. The van der Waals surface area contributed by atoms with E-state index in [0.29, 0.717) is 22.4 Å². The third kappa shape index (κ3) is 4.78. The monoisotopic (exact) mass is 516 g/mol. The zero-order valence-electron chi connectivity index (χ0n) is 21.2. The fourth-order valence-electron chi connectivity index (χ4n) is 7.42. The van der Waals surface area contributed by atoms with E-state index >= 15 is 0 Å². The summed E-state index contributed by atoms with van der Waals surface area (Å²) in [5.74, 6) is 3.48. The molecule has 2 aromatic rings. The number of hydrogen-bond acceptors (Lipinski definition) is 7. The van der Waals surface area contributed by atoms with Gasteiger partial charge in [0.2, 0.25) is 5.91 Å². The number of thioether (sulfide) groups is 1. The van der Waals surface area contributed by atoms with Gasteiger partial charge in [-0.2, -0.15) is 0 Å². The summed E-state index contributed by atoms with van der Waals surface area (Å²) in [6.07, 6.45) is 10.1. The lowest BCUT2D eigenvalue weighted by Crippen LogP contribution is -2.47. The van der Waals surface area contributed by atoms with Gasteiger partial charge >= 0.3 is 5.97 Å². The highest BCUT2D eigenvalue weighted by Gasteiger charge is 2.51. The van der Waals surface area contributed by atoms with Crippen LogP contribution in [0.25, 0.3) is 0 Å². The van der Waals surface area contributed by atoms with Crippen molar-refractivity contribution in [1.29, 1.82) is 0 Å². The maximum absolute atomic E-state index is 12.8. The maximum atomic E-state index is 12.8.